The Morgan fingerprint density at radius 1 is 1.12 bits per heavy atom. The molecule has 32 heavy (non-hydrogen) atoms. The fourth-order valence-corrected chi connectivity index (χ4v) is 3.75. The van der Waals surface area contributed by atoms with Crippen molar-refractivity contribution in [2.75, 3.05) is 20.6 Å². The highest BCUT2D eigenvalue weighted by Gasteiger charge is 2.19. The highest BCUT2D eigenvalue weighted by molar-refractivity contribution is 7.89. The van der Waals surface area contributed by atoms with Crippen LogP contribution in [0.3, 0.4) is 0 Å². The topological polar surface area (TPSA) is 113 Å². The van der Waals surface area contributed by atoms with E-state index in [1.165, 1.54) is 55.3 Å². The SMILES string of the molecule is CN(C)S(=O)(=O)c1cccc(C(=O)NCC(=O)NCc2ccc(-n3ccnc3)c(F)c2)c1. The first kappa shape index (κ1) is 23.1. The van der Waals surface area contributed by atoms with Gasteiger partial charge >= 0.3 is 0 Å². The average Bonchev–Trinajstić information content (AvgIpc) is 3.30. The van der Waals surface area contributed by atoms with Gasteiger partial charge < -0.3 is 15.2 Å². The van der Waals surface area contributed by atoms with Crippen LogP contribution in [-0.4, -0.2) is 54.7 Å². The highest BCUT2D eigenvalue weighted by atomic mass is 32.2. The number of carbonyl (C=O) groups excluding carboxylic acids is 2. The van der Waals surface area contributed by atoms with Crippen molar-refractivity contribution in [3.05, 3.63) is 78.1 Å². The van der Waals surface area contributed by atoms with Crippen molar-refractivity contribution >= 4 is 21.8 Å². The molecular formula is C21H22FN5O4S. The second-order valence-corrected chi connectivity index (χ2v) is 9.18. The summed E-state index contributed by atoms with van der Waals surface area (Å²) in [5, 5.41) is 5.03. The number of carbonyl (C=O) groups is 2. The van der Waals surface area contributed by atoms with Gasteiger partial charge in [0.2, 0.25) is 15.9 Å². The maximum Gasteiger partial charge on any atom is 0.251 e. The van der Waals surface area contributed by atoms with Gasteiger partial charge in [0.1, 0.15) is 5.82 Å². The van der Waals surface area contributed by atoms with E-state index >= 15 is 0 Å². The molecule has 0 saturated carbocycles. The Labute approximate surface area is 184 Å². The van der Waals surface area contributed by atoms with Crippen molar-refractivity contribution in [3.63, 3.8) is 0 Å². The smallest absolute Gasteiger partial charge is 0.251 e. The van der Waals surface area contributed by atoms with E-state index < -0.39 is 27.7 Å². The highest BCUT2D eigenvalue weighted by Crippen LogP contribution is 2.16. The molecule has 0 bridgehead atoms. The number of imidazole rings is 1. The third kappa shape index (κ3) is 5.37. The summed E-state index contributed by atoms with van der Waals surface area (Å²) >= 11 is 0. The van der Waals surface area contributed by atoms with Crippen molar-refractivity contribution in [2.45, 2.75) is 11.4 Å². The standard InChI is InChI=1S/C21H22FN5O4S/c1-26(2)32(30,31)17-5-3-4-16(11-17)21(29)25-13-20(28)24-12-15-6-7-19(18(22)10-15)27-9-8-23-14-27/h3-11,14H,12-13H2,1-2H3,(H,24,28)(H,25,29). The Morgan fingerprint density at radius 3 is 2.56 bits per heavy atom. The molecule has 0 fully saturated rings. The fraction of sp³-hybridized carbons (Fsp3) is 0.190. The lowest BCUT2D eigenvalue weighted by molar-refractivity contribution is -0.120. The summed E-state index contributed by atoms with van der Waals surface area (Å²) in [6, 6.07) is 10.1. The molecule has 11 heteroatoms. The van der Waals surface area contributed by atoms with Gasteiger partial charge in [-0.3, -0.25) is 9.59 Å². The van der Waals surface area contributed by atoms with Gasteiger partial charge in [-0.15, -0.1) is 0 Å². The maximum absolute atomic E-state index is 14.3. The predicted molar refractivity (Wildman–Crippen MR) is 115 cm³/mol. The average molecular weight is 460 g/mol. The molecule has 0 radical (unpaired) electrons. The maximum atomic E-state index is 14.3. The lowest BCUT2D eigenvalue weighted by atomic mass is 10.2. The Morgan fingerprint density at radius 2 is 1.91 bits per heavy atom. The van der Waals surface area contributed by atoms with Crippen LogP contribution in [0.4, 0.5) is 4.39 Å². The number of nitrogens with one attached hydrogen (secondary N) is 2. The van der Waals surface area contributed by atoms with Crippen LogP contribution in [0.1, 0.15) is 15.9 Å². The van der Waals surface area contributed by atoms with Gasteiger partial charge in [0, 0.05) is 38.6 Å². The minimum Gasteiger partial charge on any atom is -0.350 e. The number of aromatic nitrogens is 2. The van der Waals surface area contributed by atoms with Gasteiger partial charge in [0.05, 0.1) is 23.5 Å². The molecule has 2 amide bonds. The molecule has 1 heterocycles. The summed E-state index contributed by atoms with van der Waals surface area (Å²) in [5.41, 5.74) is 0.994. The van der Waals surface area contributed by atoms with Crippen LogP contribution in [0.15, 0.2) is 66.1 Å². The van der Waals surface area contributed by atoms with Gasteiger partial charge in [0.25, 0.3) is 5.91 Å². The molecule has 1 aromatic heterocycles. The fourth-order valence-electron chi connectivity index (χ4n) is 2.81. The van der Waals surface area contributed by atoms with E-state index in [0.29, 0.717) is 11.3 Å². The van der Waals surface area contributed by atoms with E-state index in [1.807, 2.05) is 0 Å². The van der Waals surface area contributed by atoms with Crippen molar-refractivity contribution in [1.82, 2.24) is 24.5 Å². The molecule has 0 saturated heterocycles. The second-order valence-electron chi connectivity index (χ2n) is 7.03. The first-order chi connectivity index (χ1) is 15.2. The number of halogens is 1. The van der Waals surface area contributed by atoms with Gasteiger partial charge in [0.15, 0.2) is 0 Å². The van der Waals surface area contributed by atoms with Gasteiger partial charge in [-0.1, -0.05) is 12.1 Å². The minimum absolute atomic E-state index is 0.0271. The van der Waals surface area contributed by atoms with Crippen LogP contribution >= 0.6 is 0 Å². The minimum atomic E-state index is -3.69. The number of nitrogens with zero attached hydrogens (tertiary/aromatic N) is 3. The molecule has 0 aliphatic heterocycles. The molecular weight excluding hydrogens is 437 g/mol. The normalized spacial score (nSPS) is 11.4. The van der Waals surface area contributed by atoms with Crippen molar-refractivity contribution in [1.29, 1.82) is 0 Å². The van der Waals surface area contributed by atoms with E-state index in [2.05, 4.69) is 15.6 Å². The lowest BCUT2D eigenvalue weighted by Crippen LogP contribution is -2.36. The molecule has 0 aliphatic carbocycles. The van der Waals surface area contributed by atoms with Crippen LogP contribution in [0, 0.1) is 5.82 Å². The summed E-state index contributed by atoms with van der Waals surface area (Å²) < 4.78 is 41.3. The van der Waals surface area contributed by atoms with Gasteiger partial charge in [-0.2, -0.15) is 0 Å². The van der Waals surface area contributed by atoms with Crippen LogP contribution in [0.25, 0.3) is 5.69 Å². The molecule has 2 N–H and O–H groups in total. The summed E-state index contributed by atoms with van der Waals surface area (Å²) in [7, 11) is -0.901. The first-order valence-corrected chi connectivity index (χ1v) is 11.0. The molecule has 0 aliphatic rings. The molecule has 2 aromatic carbocycles. The Kier molecular flexibility index (Phi) is 7.01. The zero-order valence-electron chi connectivity index (χ0n) is 17.4. The monoisotopic (exact) mass is 459 g/mol. The van der Waals surface area contributed by atoms with E-state index in [9.17, 15) is 22.4 Å². The summed E-state index contributed by atoms with van der Waals surface area (Å²) in [6.07, 6.45) is 4.64. The van der Waals surface area contributed by atoms with E-state index in [-0.39, 0.29) is 23.5 Å². The molecule has 0 atom stereocenters. The number of rotatable bonds is 8. The first-order valence-electron chi connectivity index (χ1n) is 9.53. The molecule has 9 nitrogen and oxygen atoms in total. The summed E-state index contributed by atoms with van der Waals surface area (Å²) in [5.74, 6) is -1.53. The Balaban J connectivity index is 1.54. The Bertz CT molecular complexity index is 1230. The number of sulfonamides is 1. The third-order valence-corrected chi connectivity index (χ3v) is 6.38. The second kappa shape index (κ2) is 9.71. The Hall–Kier alpha value is -3.57. The quantitative estimate of drug-likeness (QED) is 0.527. The number of amides is 2. The van der Waals surface area contributed by atoms with Crippen molar-refractivity contribution < 1.29 is 22.4 Å². The van der Waals surface area contributed by atoms with Crippen molar-refractivity contribution in [2.24, 2.45) is 0 Å². The van der Waals surface area contributed by atoms with Gasteiger partial charge in [-0.05, 0) is 35.9 Å². The summed E-state index contributed by atoms with van der Waals surface area (Å²) in [6.45, 7) is -0.245. The van der Waals surface area contributed by atoms with Crippen LogP contribution in [0.2, 0.25) is 0 Å². The van der Waals surface area contributed by atoms with Crippen molar-refractivity contribution in [3.8, 4) is 5.69 Å². The van der Waals surface area contributed by atoms with Crippen LogP contribution in [-0.2, 0) is 21.4 Å². The molecule has 0 unspecified atom stereocenters. The molecule has 3 aromatic rings. The van der Waals surface area contributed by atoms with Crippen LogP contribution < -0.4 is 10.6 Å². The summed E-state index contributed by atoms with van der Waals surface area (Å²) in [4.78, 5) is 28.2. The zero-order valence-corrected chi connectivity index (χ0v) is 18.3. The molecule has 0 spiro atoms. The van der Waals surface area contributed by atoms with Crippen LogP contribution in [0.5, 0.6) is 0 Å². The predicted octanol–water partition coefficient (Wildman–Crippen LogP) is 1.31. The van der Waals surface area contributed by atoms with E-state index in [1.54, 1.807) is 24.5 Å². The molecule has 3 rings (SSSR count). The number of hydrogen-bond donors (Lipinski definition) is 2. The number of hydrogen-bond acceptors (Lipinski definition) is 5. The zero-order chi connectivity index (χ0) is 23.3. The van der Waals surface area contributed by atoms with E-state index in [4.69, 9.17) is 0 Å². The number of benzene rings is 2. The third-order valence-electron chi connectivity index (χ3n) is 4.57. The van der Waals surface area contributed by atoms with Gasteiger partial charge in [-0.25, -0.2) is 22.1 Å². The van der Waals surface area contributed by atoms with E-state index in [0.717, 1.165) is 4.31 Å². The molecule has 168 valence electrons. The largest absolute Gasteiger partial charge is 0.350 e. The lowest BCUT2D eigenvalue weighted by Gasteiger charge is -2.12.